The minimum Gasteiger partial charge on any atom is -0.369 e. The van der Waals surface area contributed by atoms with Crippen LogP contribution in [0, 0.1) is 0 Å². The van der Waals surface area contributed by atoms with Crippen molar-refractivity contribution in [3.63, 3.8) is 0 Å². The lowest BCUT2D eigenvalue weighted by molar-refractivity contribution is 0.313. The second-order valence-corrected chi connectivity index (χ2v) is 12.4. The highest BCUT2D eigenvalue weighted by Gasteiger charge is 2.36. The summed E-state index contributed by atoms with van der Waals surface area (Å²) in [6.07, 6.45) is 1.35. The zero-order chi connectivity index (χ0) is 27.0. The van der Waals surface area contributed by atoms with Crippen LogP contribution in [0.25, 0.3) is 10.9 Å². The number of halogens is 1. The number of nitrogens with one attached hydrogen (secondary N) is 3. The number of hydrogen-bond acceptors (Lipinski definition) is 8. The molecule has 0 spiro atoms. The molecule has 3 aromatic carbocycles. The van der Waals surface area contributed by atoms with E-state index in [1.54, 1.807) is 18.2 Å². The fourth-order valence-electron chi connectivity index (χ4n) is 4.61. The van der Waals surface area contributed by atoms with Crippen molar-refractivity contribution in [3.05, 3.63) is 71.8 Å². The van der Waals surface area contributed by atoms with E-state index >= 15 is 0 Å². The van der Waals surface area contributed by atoms with Crippen LogP contribution in [-0.2, 0) is 10.0 Å². The van der Waals surface area contributed by atoms with Crippen molar-refractivity contribution in [3.8, 4) is 0 Å². The van der Waals surface area contributed by atoms with Gasteiger partial charge in [-0.1, -0.05) is 23.7 Å². The maximum Gasteiger partial charge on any atom is 0.235 e. The molecule has 11 heteroatoms. The molecular weight excluding hydrogens is 534 g/mol. The summed E-state index contributed by atoms with van der Waals surface area (Å²) in [5.41, 5.74) is 3.85. The third-order valence-electron chi connectivity index (χ3n) is 7.04. The van der Waals surface area contributed by atoms with Gasteiger partial charge in [-0.25, -0.2) is 13.4 Å². The van der Waals surface area contributed by atoms with Gasteiger partial charge in [-0.3, -0.25) is 4.72 Å². The smallest absolute Gasteiger partial charge is 0.235 e. The number of sulfonamides is 1. The number of benzene rings is 3. The first-order valence-electron chi connectivity index (χ1n) is 13.0. The van der Waals surface area contributed by atoms with Crippen LogP contribution < -0.4 is 20.3 Å². The Balaban J connectivity index is 1.24. The van der Waals surface area contributed by atoms with Gasteiger partial charge in [0.1, 0.15) is 5.82 Å². The summed E-state index contributed by atoms with van der Waals surface area (Å²) in [6.45, 7) is 4.14. The molecule has 1 aliphatic heterocycles. The second-order valence-electron chi connectivity index (χ2n) is 10.0. The zero-order valence-electron chi connectivity index (χ0n) is 21.6. The normalized spacial score (nSPS) is 16.3. The summed E-state index contributed by atoms with van der Waals surface area (Å²) >= 11 is 6.31. The van der Waals surface area contributed by atoms with Crippen LogP contribution in [0.5, 0.6) is 0 Å². The monoisotopic (exact) mass is 563 g/mol. The lowest BCUT2D eigenvalue weighted by Gasteiger charge is -2.34. The average Bonchev–Trinajstić information content (AvgIpc) is 3.78. The van der Waals surface area contributed by atoms with E-state index in [0.29, 0.717) is 41.0 Å². The van der Waals surface area contributed by atoms with Crippen LogP contribution >= 0.6 is 11.6 Å². The van der Waals surface area contributed by atoms with Gasteiger partial charge < -0.3 is 20.4 Å². The van der Waals surface area contributed by atoms with Gasteiger partial charge in [0.15, 0.2) is 0 Å². The largest absolute Gasteiger partial charge is 0.369 e. The Morgan fingerprint density at radius 1 is 0.872 bits per heavy atom. The Morgan fingerprint density at radius 2 is 1.59 bits per heavy atom. The molecule has 202 valence electrons. The van der Waals surface area contributed by atoms with Gasteiger partial charge >= 0.3 is 0 Å². The molecule has 1 aromatic heterocycles. The van der Waals surface area contributed by atoms with E-state index < -0.39 is 10.0 Å². The quantitative estimate of drug-likeness (QED) is 0.261. The predicted molar refractivity (Wildman–Crippen MR) is 159 cm³/mol. The van der Waals surface area contributed by atoms with Crippen LogP contribution in [0.1, 0.15) is 12.8 Å². The van der Waals surface area contributed by atoms with Gasteiger partial charge in [-0.05, 0) is 74.5 Å². The average molecular weight is 564 g/mol. The molecule has 3 N–H and O–H groups in total. The van der Waals surface area contributed by atoms with Gasteiger partial charge in [-0.2, -0.15) is 4.98 Å². The number of fused-ring (bicyclic) bond motifs is 1. The van der Waals surface area contributed by atoms with E-state index in [9.17, 15) is 8.42 Å². The highest BCUT2D eigenvalue weighted by molar-refractivity contribution is 7.93. The van der Waals surface area contributed by atoms with Gasteiger partial charge in [-0.15, -0.1) is 0 Å². The lowest BCUT2D eigenvalue weighted by Crippen LogP contribution is -2.44. The molecule has 0 radical (unpaired) electrons. The first-order chi connectivity index (χ1) is 18.8. The van der Waals surface area contributed by atoms with Crippen LogP contribution in [0.4, 0.5) is 34.5 Å². The topological polar surface area (TPSA) is 102 Å². The Hall–Kier alpha value is -3.60. The van der Waals surface area contributed by atoms with Crippen LogP contribution in [0.2, 0.25) is 5.02 Å². The van der Waals surface area contributed by atoms with Gasteiger partial charge in [0, 0.05) is 48.6 Å². The van der Waals surface area contributed by atoms with Crippen molar-refractivity contribution in [2.75, 3.05) is 53.5 Å². The van der Waals surface area contributed by atoms with Crippen molar-refractivity contribution in [1.29, 1.82) is 0 Å². The van der Waals surface area contributed by atoms with Gasteiger partial charge in [0.25, 0.3) is 0 Å². The molecule has 0 bridgehead atoms. The Morgan fingerprint density at radius 3 is 2.33 bits per heavy atom. The number of aromatic nitrogens is 2. The molecule has 2 aliphatic rings. The Kier molecular flexibility index (Phi) is 6.92. The maximum atomic E-state index is 12.5. The molecule has 0 unspecified atom stereocenters. The Labute approximate surface area is 233 Å². The molecule has 1 saturated carbocycles. The summed E-state index contributed by atoms with van der Waals surface area (Å²) < 4.78 is 27.6. The minimum atomic E-state index is -3.44. The summed E-state index contributed by atoms with van der Waals surface area (Å²) in [6, 6.07) is 21.2. The van der Waals surface area contributed by atoms with E-state index in [1.165, 1.54) is 5.69 Å². The lowest BCUT2D eigenvalue weighted by atomic mass is 10.2. The predicted octanol–water partition coefficient (Wildman–Crippen LogP) is 5.43. The van der Waals surface area contributed by atoms with Crippen molar-refractivity contribution in [2.45, 2.75) is 18.1 Å². The number of likely N-dealkylation sites (N-methyl/N-ethyl adjacent to an activating group) is 1. The number of para-hydroxylation sites is 1. The third-order valence-corrected chi connectivity index (χ3v) is 9.22. The van der Waals surface area contributed by atoms with E-state index in [2.05, 4.69) is 44.3 Å². The molecule has 6 rings (SSSR count). The second kappa shape index (κ2) is 10.5. The molecule has 1 aliphatic carbocycles. The molecule has 2 heterocycles. The standard InChI is InChI=1S/C28H30ClN7O2S/c1-35-14-16-36(17-15-35)21-9-6-19(7-10-21)31-28-32-25-5-3-2-4-23(25)27(33-28)30-20-8-13-24(29)26(18-20)34-39(37,38)22-11-12-22/h2-10,13,18,22,34H,11-12,14-17H2,1H3,(H2,30,31,32,33). The molecule has 9 nitrogen and oxygen atoms in total. The van der Waals surface area contributed by atoms with Gasteiger partial charge in [0.2, 0.25) is 16.0 Å². The highest BCUT2D eigenvalue weighted by Crippen LogP contribution is 2.34. The van der Waals surface area contributed by atoms with E-state index in [4.69, 9.17) is 21.6 Å². The third kappa shape index (κ3) is 5.88. The first-order valence-corrected chi connectivity index (χ1v) is 14.9. The highest BCUT2D eigenvalue weighted by atomic mass is 35.5. The van der Waals surface area contributed by atoms with Crippen LogP contribution in [-0.4, -0.2) is 61.8 Å². The maximum absolute atomic E-state index is 12.5. The van der Waals surface area contributed by atoms with Crippen LogP contribution in [0.3, 0.4) is 0 Å². The summed E-state index contributed by atoms with van der Waals surface area (Å²) in [5, 5.41) is 7.48. The fraction of sp³-hybridized carbons (Fsp3) is 0.286. The van der Waals surface area contributed by atoms with E-state index in [1.807, 2.05) is 36.4 Å². The van der Waals surface area contributed by atoms with Crippen molar-refractivity contribution < 1.29 is 8.42 Å². The number of hydrogen-bond donors (Lipinski definition) is 3. The molecule has 0 amide bonds. The Bertz CT molecular complexity index is 1600. The van der Waals surface area contributed by atoms with Crippen molar-refractivity contribution >= 4 is 67.0 Å². The molecule has 0 atom stereocenters. The number of piperazine rings is 1. The summed E-state index contributed by atoms with van der Waals surface area (Å²) in [4.78, 5) is 14.2. The molecule has 2 fully saturated rings. The molecule has 1 saturated heterocycles. The van der Waals surface area contributed by atoms with Gasteiger partial charge in [0.05, 0.1) is 21.5 Å². The van der Waals surface area contributed by atoms with E-state index in [0.717, 1.165) is 42.8 Å². The first kappa shape index (κ1) is 25.7. The van der Waals surface area contributed by atoms with E-state index in [-0.39, 0.29) is 5.25 Å². The minimum absolute atomic E-state index is 0.333. The number of anilines is 6. The summed E-state index contributed by atoms with van der Waals surface area (Å²) in [7, 11) is -1.29. The number of nitrogens with zero attached hydrogens (tertiary/aromatic N) is 4. The zero-order valence-corrected chi connectivity index (χ0v) is 23.1. The molecule has 4 aromatic rings. The SMILES string of the molecule is CN1CCN(c2ccc(Nc3nc(Nc4ccc(Cl)c(NS(=O)(=O)C5CC5)c4)c4ccccc4n3)cc2)CC1. The van der Waals surface area contributed by atoms with Crippen LogP contribution in [0.15, 0.2) is 66.7 Å². The summed E-state index contributed by atoms with van der Waals surface area (Å²) in [5.74, 6) is 1.04. The van der Waals surface area contributed by atoms with Crippen molar-refractivity contribution in [2.24, 2.45) is 0 Å². The fourth-order valence-corrected chi connectivity index (χ4v) is 6.23. The molecular formula is C28H30ClN7O2S. The number of rotatable bonds is 8. The molecule has 39 heavy (non-hydrogen) atoms. The van der Waals surface area contributed by atoms with Crippen molar-refractivity contribution in [1.82, 2.24) is 14.9 Å².